The molecular weight excluding hydrogens is 240 g/mol. The van der Waals surface area contributed by atoms with Crippen molar-refractivity contribution < 1.29 is 13.2 Å². The lowest BCUT2D eigenvalue weighted by Crippen LogP contribution is -2.50. The number of rotatable bonds is 1. The number of amides is 2. The Hall–Kier alpha value is -0.780. The maximum atomic E-state index is 11.9. The molecule has 0 unspecified atom stereocenters. The Kier molecular flexibility index (Phi) is 3.91. The van der Waals surface area contributed by atoms with Crippen molar-refractivity contribution in [2.75, 3.05) is 24.6 Å². The molecule has 6 heteroatoms. The molecule has 0 radical (unpaired) electrons. The maximum Gasteiger partial charge on any atom is 0.317 e. The predicted octanol–water partition coefficient (Wildman–Crippen LogP) is 0.759. The highest BCUT2D eigenvalue weighted by atomic mass is 32.2. The molecule has 1 N–H and O–H groups in total. The highest BCUT2D eigenvalue weighted by Crippen LogP contribution is 2.17. The van der Waals surface area contributed by atoms with Gasteiger partial charge in [0.2, 0.25) is 0 Å². The van der Waals surface area contributed by atoms with Crippen LogP contribution in [0.5, 0.6) is 0 Å². The molecule has 0 atom stereocenters. The van der Waals surface area contributed by atoms with E-state index < -0.39 is 9.84 Å². The van der Waals surface area contributed by atoms with Gasteiger partial charge < -0.3 is 10.2 Å². The smallest absolute Gasteiger partial charge is 0.317 e. The number of hydrogen-bond acceptors (Lipinski definition) is 3. The fourth-order valence-electron chi connectivity index (χ4n) is 2.43. The van der Waals surface area contributed by atoms with Crippen molar-refractivity contribution in [3.8, 4) is 0 Å². The molecule has 0 aromatic rings. The molecule has 2 fully saturated rings. The fraction of sp³-hybridized carbons (Fsp3) is 0.909. The van der Waals surface area contributed by atoms with Crippen LogP contribution in [-0.4, -0.2) is 50.0 Å². The summed E-state index contributed by atoms with van der Waals surface area (Å²) in [5.74, 6) is 0.205. The summed E-state index contributed by atoms with van der Waals surface area (Å²) in [6, 6.07) is 0.196. The number of urea groups is 1. The monoisotopic (exact) mass is 260 g/mol. The van der Waals surface area contributed by atoms with E-state index in [4.69, 9.17) is 0 Å². The minimum absolute atomic E-state index is 0.0909. The summed E-state index contributed by atoms with van der Waals surface area (Å²) in [7, 11) is -2.90. The number of hydrogen-bond donors (Lipinski definition) is 1. The van der Waals surface area contributed by atoms with Gasteiger partial charge in [0.15, 0.2) is 9.84 Å². The highest BCUT2D eigenvalue weighted by molar-refractivity contribution is 7.91. The van der Waals surface area contributed by atoms with E-state index in [2.05, 4.69) is 5.32 Å². The van der Waals surface area contributed by atoms with E-state index in [1.54, 1.807) is 4.90 Å². The van der Waals surface area contributed by atoms with Crippen LogP contribution in [0, 0.1) is 0 Å². The molecule has 2 aliphatic rings. The van der Waals surface area contributed by atoms with Crippen molar-refractivity contribution in [3.63, 3.8) is 0 Å². The minimum Gasteiger partial charge on any atom is -0.335 e. The van der Waals surface area contributed by atoms with Crippen molar-refractivity contribution in [1.82, 2.24) is 10.2 Å². The summed E-state index contributed by atoms with van der Waals surface area (Å²) in [6.07, 6.45) is 5.72. The first-order chi connectivity index (χ1) is 8.07. The van der Waals surface area contributed by atoms with Crippen molar-refractivity contribution in [2.24, 2.45) is 0 Å². The molecule has 17 heavy (non-hydrogen) atoms. The van der Waals surface area contributed by atoms with Crippen molar-refractivity contribution in [1.29, 1.82) is 0 Å². The highest BCUT2D eigenvalue weighted by Gasteiger charge is 2.26. The zero-order chi connectivity index (χ0) is 12.3. The second-order valence-electron chi connectivity index (χ2n) is 4.92. The van der Waals surface area contributed by atoms with Gasteiger partial charge in [0.05, 0.1) is 11.5 Å². The first-order valence-electron chi connectivity index (χ1n) is 6.33. The molecule has 1 heterocycles. The lowest BCUT2D eigenvalue weighted by molar-refractivity contribution is 0.194. The topological polar surface area (TPSA) is 66.5 Å². The van der Waals surface area contributed by atoms with Gasteiger partial charge in [0.1, 0.15) is 0 Å². The summed E-state index contributed by atoms with van der Waals surface area (Å²) in [5.41, 5.74) is 0. The van der Waals surface area contributed by atoms with E-state index in [9.17, 15) is 13.2 Å². The van der Waals surface area contributed by atoms with Crippen molar-refractivity contribution >= 4 is 15.9 Å². The van der Waals surface area contributed by atoms with E-state index in [1.807, 2.05) is 0 Å². The van der Waals surface area contributed by atoms with Crippen LogP contribution in [0.25, 0.3) is 0 Å². The van der Waals surface area contributed by atoms with Crippen LogP contribution in [0.1, 0.15) is 32.1 Å². The number of nitrogens with one attached hydrogen (secondary N) is 1. The summed E-state index contributed by atoms with van der Waals surface area (Å²) in [6.45, 7) is 0.668. The molecule has 0 aromatic carbocycles. The number of sulfone groups is 1. The molecule has 0 aromatic heterocycles. The first kappa shape index (κ1) is 12.7. The molecule has 1 saturated heterocycles. The SMILES string of the molecule is O=C(NC1CCCCC1)N1CCS(=O)(=O)CC1. The van der Waals surface area contributed by atoms with Gasteiger partial charge in [-0.1, -0.05) is 19.3 Å². The third-order valence-corrected chi connectivity index (χ3v) is 5.17. The zero-order valence-corrected chi connectivity index (χ0v) is 10.8. The third kappa shape index (κ3) is 3.59. The Morgan fingerprint density at radius 1 is 1.06 bits per heavy atom. The van der Waals surface area contributed by atoms with Crippen LogP contribution in [0.4, 0.5) is 4.79 Å². The van der Waals surface area contributed by atoms with Gasteiger partial charge in [-0.2, -0.15) is 0 Å². The predicted molar refractivity (Wildman–Crippen MR) is 65.6 cm³/mol. The van der Waals surface area contributed by atoms with E-state index in [1.165, 1.54) is 19.3 Å². The minimum atomic E-state index is -2.90. The Bertz CT molecular complexity index is 360. The summed E-state index contributed by atoms with van der Waals surface area (Å²) in [4.78, 5) is 13.5. The van der Waals surface area contributed by atoms with E-state index in [0.717, 1.165) is 12.8 Å². The summed E-state index contributed by atoms with van der Waals surface area (Å²) < 4.78 is 22.5. The van der Waals surface area contributed by atoms with Gasteiger partial charge >= 0.3 is 6.03 Å². The molecule has 0 bridgehead atoms. The molecule has 2 rings (SSSR count). The van der Waals surface area contributed by atoms with Gasteiger partial charge in [-0.05, 0) is 12.8 Å². The third-order valence-electron chi connectivity index (χ3n) is 3.56. The second-order valence-corrected chi connectivity index (χ2v) is 7.23. The number of nitrogens with zero attached hydrogens (tertiary/aromatic N) is 1. The molecule has 0 spiro atoms. The van der Waals surface area contributed by atoms with Crippen LogP contribution in [-0.2, 0) is 9.84 Å². The average molecular weight is 260 g/mol. The molecule has 2 amide bonds. The van der Waals surface area contributed by atoms with Gasteiger partial charge in [-0.15, -0.1) is 0 Å². The average Bonchev–Trinajstić information content (AvgIpc) is 2.30. The Labute approximate surface area is 102 Å². The van der Waals surface area contributed by atoms with Crippen molar-refractivity contribution in [3.05, 3.63) is 0 Å². The summed E-state index contributed by atoms with van der Waals surface area (Å²) >= 11 is 0. The lowest BCUT2D eigenvalue weighted by atomic mass is 9.96. The summed E-state index contributed by atoms with van der Waals surface area (Å²) in [5, 5.41) is 3.01. The zero-order valence-electron chi connectivity index (χ0n) is 10.0. The van der Waals surface area contributed by atoms with Crippen LogP contribution < -0.4 is 5.32 Å². The number of carbonyl (C=O) groups excluding carboxylic acids is 1. The normalized spacial score (nSPS) is 25.5. The molecule has 98 valence electrons. The Morgan fingerprint density at radius 3 is 2.24 bits per heavy atom. The molecule has 1 aliphatic heterocycles. The Balaban J connectivity index is 1.80. The van der Waals surface area contributed by atoms with E-state index >= 15 is 0 Å². The Morgan fingerprint density at radius 2 is 1.65 bits per heavy atom. The van der Waals surface area contributed by atoms with Gasteiger partial charge in [0, 0.05) is 19.1 Å². The van der Waals surface area contributed by atoms with E-state index in [0.29, 0.717) is 13.1 Å². The molecule has 1 aliphatic carbocycles. The standard InChI is InChI=1S/C11H20N2O3S/c14-11(12-10-4-2-1-3-5-10)13-6-8-17(15,16)9-7-13/h10H,1-9H2,(H,12,14). The largest absolute Gasteiger partial charge is 0.335 e. The van der Waals surface area contributed by atoms with Crippen LogP contribution in [0.15, 0.2) is 0 Å². The quantitative estimate of drug-likeness (QED) is 0.757. The molecule has 1 saturated carbocycles. The van der Waals surface area contributed by atoms with Crippen LogP contribution in [0.2, 0.25) is 0 Å². The van der Waals surface area contributed by atoms with Crippen LogP contribution >= 0.6 is 0 Å². The van der Waals surface area contributed by atoms with Crippen molar-refractivity contribution in [2.45, 2.75) is 38.1 Å². The second kappa shape index (κ2) is 5.25. The van der Waals surface area contributed by atoms with E-state index in [-0.39, 0.29) is 23.6 Å². The van der Waals surface area contributed by atoms with Gasteiger partial charge in [0.25, 0.3) is 0 Å². The molecular formula is C11H20N2O3S. The maximum absolute atomic E-state index is 11.9. The first-order valence-corrected chi connectivity index (χ1v) is 8.15. The lowest BCUT2D eigenvalue weighted by Gasteiger charge is -2.30. The van der Waals surface area contributed by atoms with Gasteiger partial charge in [-0.3, -0.25) is 0 Å². The molecule has 5 nitrogen and oxygen atoms in total. The van der Waals surface area contributed by atoms with Gasteiger partial charge in [-0.25, -0.2) is 13.2 Å². The number of carbonyl (C=O) groups is 1. The fourth-order valence-corrected chi connectivity index (χ4v) is 3.63. The van der Waals surface area contributed by atoms with Crippen LogP contribution in [0.3, 0.4) is 0 Å².